The van der Waals surface area contributed by atoms with Gasteiger partial charge in [-0.15, -0.1) is 4.20 Å². The first-order valence-electron chi connectivity index (χ1n) is 1.52. The molecule has 0 rings (SSSR count). The summed E-state index contributed by atoms with van der Waals surface area (Å²) in [7, 11) is -5.23. The monoisotopic (exact) mass is 179 g/mol. The lowest BCUT2D eigenvalue weighted by molar-refractivity contribution is 0.235. The molecule has 0 amide bonds. The third-order valence-corrected chi connectivity index (χ3v) is 0.563. The molecule has 8 heteroatoms. The van der Waals surface area contributed by atoms with E-state index in [2.05, 4.69) is 16.2 Å². The zero-order valence-corrected chi connectivity index (χ0v) is 5.44. The Morgan fingerprint density at radius 3 is 2.44 bits per heavy atom. The molecule has 0 radical (unpaired) electrons. The lowest BCUT2D eigenvalue weighted by Crippen LogP contribution is -1.77. The van der Waals surface area contributed by atoms with E-state index in [1.165, 1.54) is 0 Å². The van der Waals surface area contributed by atoms with Crippen molar-refractivity contribution in [3.8, 4) is 0 Å². The Labute approximate surface area is 53.7 Å². The van der Waals surface area contributed by atoms with E-state index in [1.54, 1.807) is 0 Å². The van der Waals surface area contributed by atoms with Crippen molar-refractivity contribution in [2.24, 2.45) is 5.16 Å². The Morgan fingerprint density at radius 1 is 1.89 bits per heavy atom. The van der Waals surface area contributed by atoms with E-state index in [9.17, 15) is 13.2 Å². The van der Waals surface area contributed by atoms with Crippen LogP contribution in [0.5, 0.6) is 0 Å². The highest BCUT2D eigenvalue weighted by Crippen LogP contribution is 2.43. The summed E-state index contributed by atoms with van der Waals surface area (Å²) in [6.07, 6.45) is 0. The van der Waals surface area contributed by atoms with Gasteiger partial charge in [-0.05, 0) is 16.8 Å². The van der Waals surface area contributed by atoms with E-state index >= 15 is 0 Å². The molecular weight excluding hydrogens is 178 g/mol. The molecule has 4 nitrogen and oxygen atoms in total. The topological polar surface area (TPSA) is 58.9 Å². The molecule has 0 aliphatic carbocycles. The third kappa shape index (κ3) is 7.81. The van der Waals surface area contributed by atoms with Crippen molar-refractivity contribution in [2.45, 2.75) is 0 Å². The average molecular weight is 179 g/mol. The average Bonchev–Trinajstić information content (AvgIpc) is 1.59. The van der Waals surface area contributed by atoms with E-state index in [0.717, 1.165) is 0 Å². The molecule has 0 saturated carbocycles. The number of halogens is 3. The van der Waals surface area contributed by atoms with Crippen molar-refractivity contribution in [1.82, 2.24) is 0 Å². The molecule has 0 aromatic heterocycles. The van der Waals surface area contributed by atoms with Crippen LogP contribution in [0.2, 0.25) is 0 Å². The minimum atomic E-state index is -5.23. The fourth-order valence-electron chi connectivity index (χ4n) is 0.0812. The van der Waals surface area contributed by atoms with Crippen molar-refractivity contribution in [2.75, 3.05) is 0 Å². The van der Waals surface area contributed by atoms with Gasteiger partial charge in [0.15, 0.2) is 0 Å². The van der Waals surface area contributed by atoms with Gasteiger partial charge in [-0.25, -0.2) is 4.57 Å². The van der Waals surface area contributed by atoms with Crippen LogP contribution in [0.1, 0.15) is 0 Å². The van der Waals surface area contributed by atoms with Crippen molar-refractivity contribution >= 4 is 24.9 Å². The second-order valence-electron chi connectivity index (χ2n) is 0.865. The second kappa shape index (κ2) is 3.10. The maximum Gasteiger partial charge on any atom is 0.587 e. The molecule has 0 spiro atoms. The lowest BCUT2D eigenvalue weighted by atomic mass is 11.6. The van der Waals surface area contributed by atoms with Gasteiger partial charge in [0.2, 0.25) is 0 Å². The van der Waals surface area contributed by atoms with Gasteiger partial charge in [0.25, 0.3) is 0 Å². The van der Waals surface area contributed by atoms with Crippen LogP contribution in [0.4, 0.5) is 8.59 Å². The Bertz CT molecular complexity index is 161. The lowest BCUT2D eigenvalue weighted by Gasteiger charge is -1.92. The Morgan fingerprint density at radius 2 is 2.33 bits per heavy atom. The quantitative estimate of drug-likeness (QED) is 0.397. The van der Waals surface area contributed by atoms with E-state index in [4.69, 9.17) is 4.89 Å². The van der Waals surface area contributed by atoms with Gasteiger partial charge < -0.3 is 0 Å². The smallest absolute Gasteiger partial charge is 0.288 e. The predicted molar refractivity (Wildman–Crippen MR) is 26.4 cm³/mol. The molecule has 1 atom stereocenters. The SMILES string of the molecule is O=P(O)(F)O/N=C(/F)Cl. The maximum absolute atomic E-state index is 11.3. The molecule has 0 bridgehead atoms. The summed E-state index contributed by atoms with van der Waals surface area (Å²) in [5.41, 5.74) is -1.65. The van der Waals surface area contributed by atoms with Crippen LogP contribution < -0.4 is 0 Å². The molecule has 0 aromatic carbocycles. The molecule has 54 valence electrons. The number of oxime groups is 1. The van der Waals surface area contributed by atoms with E-state index in [1.807, 2.05) is 5.16 Å². The van der Waals surface area contributed by atoms with Crippen LogP contribution in [0.3, 0.4) is 0 Å². The van der Waals surface area contributed by atoms with Gasteiger partial charge in [-0.1, -0.05) is 0 Å². The fourth-order valence-corrected chi connectivity index (χ4v) is 0.336. The number of hydrogen-bond acceptors (Lipinski definition) is 3. The van der Waals surface area contributed by atoms with Gasteiger partial charge in [0.1, 0.15) is 0 Å². The summed E-state index contributed by atoms with van der Waals surface area (Å²) in [4.78, 5) is 7.60. The van der Waals surface area contributed by atoms with Crippen LogP contribution in [-0.2, 0) is 9.19 Å². The molecule has 0 fully saturated rings. The van der Waals surface area contributed by atoms with Gasteiger partial charge in [-0.3, -0.25) is 9.52 Å². The van der Waals surface area contributed by atoms with Crippen molar-refractivity contribution in [3.05, 3.63) is 0 Å². The van der Waals surface area contributed by atoms with E-state index in [-0.39, 0.29) is 0 Å². The standard InChI is InChI=1S/CHClF2NO3P/c2-1(3)5-8-9(4,6)7/h(H,6,7)/b5-1+. The fraction of sp³-hybridized carbons (Fsp3) is 0. The van der Waals surface area contributed by atoms with Crippen LogP contribution in [-0.4, -0.2) is 10.3 Å². The number of hydrogen-bond donors (Lipinski definition) is 1. The molecule has 1 N–H and O–H groups in total. The highest BCUT2D eigenvalue weighted by molar-refractivity contribution is 7.46. The highest BCUT2D eigenvalue weighted by atomic mass is 35.5. The Hall–Kier alpha value is -0.190. The highest BCUT2D eigenvalue weighted by Gasteiger charge is 2.18. The van der Waals surface area contributed by atoms with Crippen LogP contribution >= 0.6 is 19.5 Å². The van der Waals surface area contributed by atoms with Crippen LogP contribution in [0, 0.1) is 0 Å². The predicted octanol–water partition coefficient (Wildman–Crippen LogP) is 1.55. The molecule has 0 heterocycles. The maximum atomic E-state index is 11.3. The summed E-state index contributed by atoms with van der Waals surface area (Å²) in [6.45, 7) is 0. The molecule has 0 aliphatic rings. The Balaban J connectivity index is 3.79. The number of rotatable bonds is 2. The largest absolute Gasteiger partial charge is 0.587 e. The van der Waals surface area contributed by atoms with Crippen molar-refractivity contribution in [3.63, 3.8) is 0 Å². The minimum absolute atomic E-state index is 1.65. The van der Waals surface area contributed by atoms with E-state index in [0.29, 0.717) is 0 Å². The van der Waals surface area contributed by atoms with Gasteiger partial charge in [0.05, 0.1) is 0 Å². The molecule has 0 saturated heterocycles. The molecule has 9 heavy (non-hydrogen) atoms. The summed E-state index contributed by atoms with van der Waals surface area (Å²) in [5, 5.41) is 2.02. The minimum Gasteiger partial charge on any atom is -0.288 e. The zero-order valence-electron chi connectivity index (χ0n) is 3.79. The van der Waals surface area contributed by atoms with Crippen molar-refractivity contribution < 1.29 is 22.7 Å². The zero-order chi connectivity index (χ0) is 7.49. The first kappa shape index (κ1) is 8.81. The first-order chi connectivity index (χ1) is 3.92. The van der Waals surface area contributed by atoms with Gasteiger partial charge in [-0.2, -0.15) is 4.39 Å². The number of nitrogens with zero attached hydrogens (tertiary/aromatic N) is 1. The summed E-state index contributed by atoms with van der Waals surface area (Å²) in [5.74, 6) is 0. The van der Waals surface area contributed by atoms with Gasteiger partial charge in [0, 0.05) is 0 Å². The van der Waals surface area contributed by atoms with Crippen molar-refractivity contribution in [1.29, 1.82) is 0 Å². The molecule has 0 aromatic rings. The molecular formula is CHClF2NO3P. The summed E-state index contributed by atoms with van der Waals surface area (Å²) < 4.78 is 35.0. The molecule has 1 unspecified atom stereocenters. The van der Waals surface area contributed by atoms with E-state index < -0.39 is 13.3 Å². The van der Waals surface area contributed by atoms with Crippen LogP contribution in [0.25, 0.3) is 0 Å². The van der Waals surface area contributed by atoms with Crippen LogP contribution in [0.15, 0.2) is 5.16 Å². The Kier molecular flexibility index (Phi) is 3.03. The molecule has 0 aliphatic heterocycles. The summed E-state index contributed by atoms with van der Waals surface area (Å²) >= 11 is 4.34. The normalized spacial score (nSPS) is 18.9. The van der Waals surface area contributed by atoms with Gasteiger partial charge >= 0.3 is 13.3 Å². The first-order valence-corrected chi connectivity index (χ1v) is 3.36. The second-order valence-corrected chi connectivity index (χ2v) is 2.24. The summed E-state index contributed by atoms with van der Waals surface area (Å²) in [6, 6.07) is 0. The third-order valence-electron chi connectivity index (χ3n) is 0.211.